The molecule has 1 heterocycles. The Balaban J connectivity index is 2.13. The fraction of sp³-hybridized carbons (Fsp3) is 0.647. The van der Waals surface area contributed by atoms with Crippen LogP contribution in [0.15, 0.2) is 24.3 Å². The minimum Gasteiger partial charge on any atom is -0.367 e. The van der Waals surface area contributed by atoms with Gasteiger partial charge in [0.25, 0.3) is 0 Å². The molecule has 0 bridgehead atoms. The van der Waals surface area contributed by atoms with E-state index in [0.717, 1.165) is 13.1 Å². The third kappa shape index (κ3) is 3.50. The summed E-state index contributed by atoms with van der Waals surface area (Å²) in [6.45, 7) is 9.05. The monoisotopic (exact) mass is 260 g/mol. The highest BCUT2D eigenvalue weighted by molar-refractivity contribution is 5.56. The van der Waals surface area contributed by atoms with Gasteiger partial charge in [0.2, 0.25) is 0 Å². The van der Waals surface area contributed by atoms with Crippen molar-refractivity contribution < 1.29 is 0 Å². The Labute approximate surface area is 118 Å². The summed E-state index contributed by atoms with van der Waals surface area (Å²) in [4.78, 5) is 2.61. The second kappa shape index (κ2) is 6.95. The van der Waals surface area contributed by atoms with Gasteiger partial charge in [0.05, 0.1) is 0 Å². The molecule has 2 atom stereocenters. The van der Waals surface area contributed by atoms with Crippen LogP contribution in [0.25, 0.3) is 0 Å². The number of anilines is 1. The number of likely N-dealkylation sites (N-methyl/N-ethyl adjacent to an activating group) is 1. The van der Waals surface area contributed by atoms with Crippen LogP contribution in [-0.2, 0) is 6.42 Å². The highest BCUT2D eigenvalue weighted by Gasteiger charge is 2.24. The summed E-state index contributed by atoms with van der Waals surface area (Å²) in [6.07, 6.45) is 5.02. The van der Waals surface area contributed by atoms with Crippen LogP contribution in [0.1, 0.15) is 45.6 Å². The first-order valence-electron chi connectivity index (χ1n) is 7.84. The molecule has 1 N–H and O–H groups in total. The van der Waals surface area contributed by atoms with E-state index in [4.69, 9.17) is 0 Å². The largest absolute Gasteiger partial charge is 0.367 e. The molecule has 0 fully saturated rings. The summed E-state index contributed by atoms with van der Waals surface area (Å²) in [5, 5.41) is 3.64. The molecule has 19 heavy (non-hydrogen) atoms. The Bertz CT molecular complexity index is 383. The highest BCUT2D eigenvalue weighted by Crippen LogP contribution is 2.30. The number of benzene rings is 1. The summed E-state index contributed by atoms with van der Waals surface area (Å²) < 4.78 is 0. The summed E-state index contributed by atoms with van der Waals surface area (Å²) in [5.74, 6) is 0. The highest BCUT2D eigenvalue weighted by atomic mass is 15.2. The van der Waals surface area contributed by atoms with Crippen LogP contribution in [0.5, 0.6) is 0 Å². The van der Waals surface area contributed by atoms with Gasteiger partial charge in [-0.05, 0) is 44.4 Å². The van der Waals surface area contributed by atoms with E-state index in [0.29, 0.717) is 12.1 Å². The zero-order chi connectivity index (χ0) is 13.7. The molecule has 1 aliphatic heterocycles. The van der Waals surface area contributed by atoms with Crippen LogP contribution in [0.4, 0.5) is 5.69 Å². The number of fused-ring (bicyclic) bond motifs is 1. The van der Waals surface area contributed by atoms with Crippen LogP contribution in [0.3, 0.4) is 0 Å². The lowest BCUT2D eigenvalue weighted by Crippen LogP contribution is -2.46. The topological polar surface area (TPSA) is 15.3 Å². The van der Waals surface area contributed by atoms with Gasteiger partial charge in [-0.15, -0.1) is 0 Å². The van der Waals surface area contributed by atoms with Crippen molar-refractivity contribution in [3.05, 3.63) is 29.8 Å². The number of aryl methyl sites for hydroxylation is 1. The molecule has 1 aliphatic rings. The Kier molecular flexibility index (Phi) is 5.26. The molecule has 2 rings (SSSR count). The van der Waals surface area contributed by atoms with Gasteiger partial charge in [-0.25, -0.2) is 0 Å². The Hall–Kier alpha value is -1.02. The molecule has 0 amide bonds. The molecule has 0 spiro atoms. The van der Waals surface area contributed by atoms with Gasteiger partial charge in [-0.2, -0.15) is 0 Å². The van der Waals surface area contributed by atoms with E-state index < -0.39 is 0 Å². The van der Waals surface area contributed by atoms with Crippen LogP contribution in [-0.4, -0.2) is 25.2 Å². The van der Waals surface area contributed by atoms with Crippen molar-refractivity contribution in [2.24, 2.45) is 0 Å². The van der Waals surface area contributed by atoms with Crippen LogP contribution in [0, 0.1) is 0 Å². The van der Waals surface area contributed by atoms with Gasteiger partial charge >= 0.3 is 0 Å². The SMILES string of the molecule is CCCC(CN1c2ccccc2CCC1C)NCC. The van der Waals surface area contributed by atoms with Crippen molar-refractivity contribution in [2.75, 3.05) is 18.0 Å². The summed E-state index contributed by atoms with van der Waals surface area (Å²) >= 11 is 0. The van der Waals surface area contributed by atoms with Crippen molar-refractivity contribution in [1.29, 1.82) is 0 Å². The van der Waals surface area contributed by atoms with Crippen LogP contribution < -0.4 is 10.2 Å². The maximum absolute atomic E-state index is 3.64. The van der Waals surface area contributed by atoms with Crippen molar-refractivity contribution in [1.82, 2.24) is 5.32 Å². The van der Waals surface area contributed by atoms with Crippen molar-refractivity contribution in [2.45, 2.75) is 58.5 Å². The summed E-state index contributed by atoms with van der Waals surface area (Å²) in [5.41, 5.74) is 2.98. The van der Waals surface area contributed by atoms with E-state index in [1.54, 1.807) is 0 Å². The smallest absolute Gasteiger partial charge is 0.0401 e. The molecule has 1 aromatic rings. The van der Waals surface area contributed by atoms with Crippen LogP contribution in [0.2, 0.25) is 0 Å². The van der Waals surface area contributed by atoms with Gasteiger partial charge in [-0.1, -0.05) is 38.5 Å². The van der Waals surface area contributed by atoms with E-state index in [1.165, 1.54) is 36.9 Å². The molecule has 1 aromatic carbocycles. The number of nitrogens with one attached hydrogen (secondary N) is 1. The Morgan fingerprint density at radius 1 is 1.32 bits per heavy atom. The van der Waals surface area contributed by atoms with Crippen molar-refractivity contribution in [3.63, 3.8) is 0 Å². The first-order valence-corrected chi connectivity index (χ1v) is 7.84. The zero-order valence-electron chi connectivity index (χ0n) is 12.7. The molecule has 0 aliphatic carbocycles. The maximum Gasteiger partial charge on any atom is 0.0401 e. The Morgan fingerprint density at radius 2 is 2.11 bits per heavy atom. The van der Waals surface area contributed by atoms with Crippen LogP contribution >= 0.6 is 0 Å². The van der Waals surface area contributed by atoms with Gasteiger partial charge in [0, 0.05) is 24.3 Å². The first kappa shape index (κ1) is 14.4. The fourth-order valence-electron chi connectivity index (χ4n) is 3.17. The molecule has 0 radical (unpaired) electrons. The molecule has 106 valence electrons. The second-order valence-corrected chi connectivity index (χ2v) is 5.71. The predicted molar refractivity (Wildman–Crippen MR) is 83.9 cm³/mol. The summed E-state index contributed by atoms with van der Waals surface area (Å²) in [7, 11) is 0. The second-order valence-electron chi connectivity index (χ2n) is 5.71. The zero-order valence-corrected chi connectivity index (χ0v) is 12.7. The lowest BCUT2D eigenvalue weighted by Gasteiger charge is -2.39. The molecular weight excluding hydrogens is 232 g/mol. The summed E-state index contributed by atoms with van der Waals surface area (Å²) in [6, 6.07) is 10.2. The number of para-hydroxylation sites is 1. The quantitative estimate of drug-likeness (QED) is 0.840. The maximum atomic E-state index is 3.64. The van der Waals surface area contributed by atoms with Gasteiger partial charge in [0.1, 0.15) is 0 Å². The van der Waals surface area contributed by atoms with E-state index in [2.05, 4.69) is 55.3 Å². The van der Waals surface area contributed by atoms with E-state index in [9.17, 15) is 0 Å². The average Bonchev–Trinajstić information content (AvgIpc) is 2.42. The average molecular weight is 260 g/mol. The van der Waals surface area contributed by atoms with Gasteiger partial charge in [-0.3, -0.25) is 0 Å². The normalized spacial score (nSPS) is 20.2. The molecule has 0 saturated heterocycles. The molecular formula is C17H28N2. The molecule has 2 heteroatoms. The van der Waals surface area contributed by atoms with E-state index in [-0.39, 0.29) is 0 Å². The minimum atomic E-state index is 0.614. The van der Waals surface area contributed by atoms with E-state index in [1.807, 2.05) is 0 Å². The number of hydrogen-bond donors (Lipinski definition) is 1. The lowest BCUT2D eigenvalue weighted by atomic mass is 9.95. The number of rotatable bonds is 6. The molecule has 2 nitrogen and oxygen atoms in total. The van der Waals surface area contributed by atoms with Crippen molar-refractivity contribution in [3.8, 4) is 0 Å². The molecule has 0 saturated carbocycles. The molecule has 2 unspecified atom stereocenters. The fourth-order valence-corrected chi connectivity index (χ4v) is 3.17. The molecule has 0 aromatic heterocycles. The number of hydrogen-bond acceptors (Lipinski definition) is 2. The van der Waals surface area contributed by atoms with Gasteiger partial charge in [0.15, 0.2) is 0 Å². The van der Waals surface area contributed by atoms with Gasteiger partial charge < -0.3 is 10.2 Å². The third-order valence-electron chi connectivity index (χ3n) is 4.21. The Morgan fingerprint density at radius 3 is 2.84 bits per heavy atom. The number of nitrogens with zero attached hydrogens (tertiary/aromatic N) is 1. The standard InChI is InChI=1S/C17H28N2/c1-4-8-16(18-5-2)13-19-14(3)11-12-15-9-6-7-10-17(15)19/h6-7,9-10,14,16,18H,4-5,8,11-13H2,1-3H3. The van der Waals surface area contributed by atoms with Crippen molar-refractivity contribution >= 4 is 5.69 Å². The first-order chi connectivity index (χ1) is 9.26. The lowest BCUT2D eigenvalue weighted by molar-refractivity contribution is 0.448. The minimum absolute atomic E-state index is 0.614. The third-order valence-corrected chi connectivity index (χ3v) is 4.21. The predicted octanol–water partition coefficient (Wildman–Crippen LogP) is 3.61. The van der Waals surface area contributed by atoms with E-state index >= 15 is 0 Å².